The van der Waals surface area contributed by atoms with E-state index in [9.17, 15) is 0 Å². The second kappa shape index (κ2) is 6.24. The van der Waals surface area contributed by atoms with Gasteiger partial charge in [0, 0.05) is 24.4 Å². The van der Waals surface area contributed by atoms with Crippen molar-refractivity contribution in [1.82, 2.24) is 14.5 Å². The second-order valence-corrected chi connectivity index (χ2v) is 5.05. The molecule has 0 spiro atoms. The molecule has 4 nitrogen and oxygen atoms in total. The zero-order valence-electron chi connectivity index (χ0n) is 11.7. The van der Waals surface area contributed by atoms with Crippen molar-refractivity contribution in [1.29, 1.82) is 0 Å². The zero-order valence-corrected chi connectivity index (χ0v) is 12.4. The molecule has 0 aliphatic carbocycles. The summed E-state index contributed by atoms with van der Waals surface area (Å²) in [6.45, 7) is 4.38. The van der Waals surface area contributed by atoms with Gasteiger partial charge in [0.2, 0.25) is 5.88 Å². The molecule has 0 radical (unpaired) electrons. The number of pyridine rings is 1. The van der Waals surface area contributed by atoms with Crippen molar-refractivity contribution in [3.8, 4) is 5.88 Å². The van der Waals surface area contributed by atoms with Gasteiger partial charge in [-0.2, -0.15) is 4.98 Å². The highest BCUT2D eigenvalue weighted by Gasteiger charge is 2.16. The molecule has 1 atom stereocenters. The van der Waals surface area contributed by atoms with Crippen molar-refractivity contribution in [2.24, 2.45) is 0 Å². The molecule has 0 N–H and O–H groups in total. The molecule has 0 bridgehead atoms. The lowest BCUT2D eigenvalue weighted by Crippen LogP contribution is -2.10. The topological polar surface area (TPSA) is 39.9 Å². The number of halogens is 1. The Balaban J connectivity index is 2.56. The van der Waals surface area contributed by atoms with Gasteiger partial charge in [-0.3, -0.25) is 0 Å². The van der Waals surface area contributed by atoms with Gasteiger partial charge in [-0.05, 0) is 19.4 Å². The summed E-state index contributed by atoms with van der Waals surface area (Å²) >= 11 is 5.88. The highest BCUT2D eigenvalue weighted by Crippen LogP contribution is 2.25. The number of rotatable bonds is 6. The van der Waals surface area contributed by atoms with Crippen LogP contribution in [0.2, 0.25) is 0 Å². The first kappa shape index (κ1) is 14.1. The van der Waals surface area contributed by atoms with Crippen LogP contribution in [0.5, 0.6) is 5.88 Å². The van der Waals surface area contributed by atoms with E-state index in [1.807, 2.05) is 12.1 Å². The van der Waals surface area contributed by atoms with Gasteiger partial charge < -0.3 is 9.30 Å². The smallest absolute Gasteiger partial charge is 0.215 e. The molecule has 0 fully saturated rings. The molecule has 104 valence electrons. The minimum Gasteiger partial charge on any atom is -0.481 e. The zero-order chi connectivity index (χ0) is 13.8. The minimum absolute atomic E-state index is 0.368. The third-order valence-electron chi connectivity index (χ3n) is 3.26. The van der Waals surface area contributed by atoms with Crippen LogP contribution in [0.1, 0.15) is 38.6 Å². The Morgan fingerprint density at radius 2 is 2.16 bits per heavy atom. The van der Waals surface area contributed by atoms with E-state index in [1.165, 1.54) is 0 Å². The van der Waals surface area contributed by atoms with Crippen LogP contribution in [0.3, 0.4) is 0 Å². The van der Waals surface area contributed by atoms with Gasteiger partial charge >= 0.3 is 0 Å². The summed E-state index contributed by atoms with van der Waals surface area (Å²) in [7, 11) is 1.63. The van der Waals surface area contributed by atoms with E-state index in [4.69, 9.17) is 16.3 Å². The summed E-state index contributed by atoms with van der Waals surface area (Å²) in [4.78, 5) is 9.18. The molecule has 0 aliphatic heterocycles. The van der Waals surface area contributed by atoms with Gasteiger partial charge in [-0.15, -0.1) is 11.6 Å². The molecule has 0 aromatic carbocycles. The predicted octanol–water partition coefficient (Wildman–Crippen LogP) is 3.58. The number of hydrogen-bond donors (Lipinski definition) is 0. The maximum absolute atomic E-state index is 5.88. The monoisotopic (exact) mass is 281 g/mol. The fraction of sp³-hybridized carbons (Fsp3) is 0.571. The normalized spacial score (nSPS) is 12.8. The lowest BCUT2D eigenvalue weighted by molar-refractivity contribution is 0.398. The Hall–Kier alpha value is -1.29. The van der Waals surface area contributed by atoms with Crippen molar-refractivity contribution in [2.45, 2.75) is 39.2 Å². The number of alkyl halides is 1. The highest BCUT2D eigenvalue weighted by atomic mass is 35.5. The molecule has 2 heterocycles. The summed E-state index contributed by atoms with van der Waals surface area (Å²) in [6, 6.07) is 4.16. The van der Waals surface area contributed by atoms with Crippen molar-refractivity contribution < 1.29 is 4.74 Å². The van der Waals surface area contributed by atoms with Crippen LogP contribution in [0.15, 0.2) is 12.1 Å². The van der Waals surface area contributed by atoms with Gasteiger partial charge in [0.05, 0.1) is 7.11 Å². The molecule has 19 heavy (non-hydrogen) atoms. The highest BCUT2D eigenvalue weighted by molar-refractivity contribution is 6.17. The van der Waals surface area contributed by atoms with Crippen LogP contribution in [0, 0.1) is 0 Å². The van der Waals surface area contributed by atoms with Gasteiger partial charge in [-0.1, -0.05) is 13.3 Å². The van der Waals surface area contributed by atoms with Crippen molar-refractivity contribution in [3.05, 3.63) is 18.0 Å². The van der Waals surface area contributed by atoms with E-state index in [2.05, 4.69) is 28.4 Å². The minimum atomic E-state index is 0.368. The SMILES string of the molecule is CCCC(C)n1c(CCCl)nc2ccc(OC)nc21. The van der Waals surface area contributed by atoms with Gasteiger partial charge in [0.1, 0.15) is 11.3 Å². The first-order valence-corrected chi connectivity index (χ1v) is 7.22. The molecule has 5 heteroatoms. The molecular formula is C14H20ClN3O. The summed E-state index contributed by atoms with van der Waals surface area (Å²) < 4.78 is 7.41. The molecule has 0 aliphatic rings. The quantitative estimate of drug-likeness (QED) is 0.760. The molecular weight excluding hydrogens is 262 g/mol. The van der Waals surface area contributed by atoms with Crippen LogP contribution in [-0.4, -0.2) is 27.5 Å². The average molecular weight is 282 g/mol. The predicted molar refractivity (Wildman–Crippen MR) is 78.1 cm³/mol. The Bertz CT molecular complexity index is 553. The van der Waals surface area contributed by atoms with Crippen LogP contribution in [0.25, 0.3) is 11.2 Å². The van der Waals surface area contributed by atoms with Gasteiger partial charge in [0.15, 0.2) is 5.65 Å². The van der Waals surface area contributed by atoms with E-state index >= 15 is 0 Å². The summed E-state index contributed by atoms with van der Waals surface area (Å²) in [5.74, 6) is 2.20. The maximum atomic E-state index is 5.88. The average Bonchev–Trinajstić information content (AvgIpc) is 2.76. The number of aromatic nitrogens is 3. The Kier molecular flexibility index (Phi) is 4.64. The Labute approximate surface area is 118 Å². The largest absolute Gasteiger partial charge is 0.481 e. The van der Waals surface area contributed by atoms with Crippen LogP contribution in [0.4, 0.5) is 0 Å². The molecule has 2 aromatic rings. The summed E-state index contributed by atoms with van der Waals surface area (Å²) in [6.07, 6.45) is 2.99. The van der Waals surface area contributed by atoms with E-state index in [1.54, 1.807) is 7.11 Å². The Morgan fingerprint density at radius 3 is 2.79 bits per heavy atom. The van der Waals surface area contributed by atoms with Crippen molar-refractivity contribution >= 4 is 22.8 Å². The lowest BCUT2D eigenvalue weighted by atomic mass is 10.2. The number of methoxy groups -OCH3 is 1. The number of fused-ring (bicyclic) bond motifs is 1. The molecule has 0 amide bonds. The third-order valence-corrected chi connectivity index (χ3v) is 3.45. The first-order chi connectivity index (χ1) is 9.21. The van der Waals surface area contributed by atoms with E-state index < -0.39 is 0 Å². The molecule has 2 aromatic heterocycles. The van der Waals surface area contributed by atoms with Crippen LogP contribution >= 0.6 is 11.6 Å². The molecule has 1 unspecified atom stereocenters. The molecule has 0 saturated carbocycles. The van der Waals surface area contributed by atoms with Gasteiger partial charge in [0.25, 0.3) is 0 Å². The third kappa shape index (κ3) is 2.84. The van der Waals surface area contributed by atoms with Gasteiger partial charge in [-0.25, -0.2) is 4.98 Å². The Morgan fingerprint density at radius 1 is 1.37 bits per heavy atom. The lowest BCUT2D eigenvalue weighted by Gasteiger charge is -2.16. The fourth-order valence-electron chi connectivity index (χ4n) is 2.39. The van der Waals surface area contributed by atoms with E-state index in [-0.39, 0.29) is 0 Å². The van der Waals surface area contributed by atoms with Crippen molar-refractivity contribution in [2.75, 3.05) is 13.0 Å². The van der Waals surface area contributed by atoms with Crippen molar-refractivity contribution in [3.63, 3.8) is 0 Å². The maximum Gasteiger partial charge on any atom is 0.215 e. The fourth-order valence-corrected chi connectivity index (χ4v) is 2.56. The number of nitrogens with zero attached hydrogens (tertiary/aromatic N) is 3. The second-order valence-electron chi connectivity index (χ2n) is 4.67. The number of imidazole rings is 1. The van der Waals surface area contributed by atoms with E-state index in [0.717, 1.165) is 36.3 Å². The molecule has 2 rings (SSSR count). The number of ether oxygens (including phenoxy) is 1. The number of hydrogen-bond acceptors (Lipinski definition) is 3. The van der Waals surface area contributed by atoms with E-state index in [0.29, 0.717) is 17.8 Å². The standard InChI is InChI=1S/C14H20ClN3O/c1-4-5-10(2)18-12(8-9-15)16-11-6-7-13(19-3)17-14(11)18/h6-7,10H,4-5,8-9H2,1-3H3. The number of aryl methyl sites for hydroxylation is 1. The van der Waals surface area contributed by atoms with Crippen LogP contribution in [-0.2, 0) is 6.42 Å². The summed E-state index contributed by atoms with van der Waals surface area (Å²) in [5.41, 5.74) is 1.80. The van der Waals surface area contributed by atoms with Crippen LogP contribution < -0.4 is 4.74 Å². The summed E-state index contributed by atoms with van der Waals surface area (Å²) in [5, 5.41) is 0. The first-order valence-electron chi connectivity index (χ1n) is 6.69. The molecule has 0 saturated heterocycles.